The van der Waals surface area contributed by atoms with E-state index < -0.39 is 5.91 Å². The van der Waals surface area contributed by atoms with E-state index in [1.807, 2.05) is 24.3 Å². The quantitative estimate of drug-likeness (QED) is 0.499. The largest absolute Gasteiger partial charge is 0.399 e. The minimum Gasteiger partial charge on any atom is -0.399 e. The van der Waals surface area contributed by atoms with Crippen LogP contribution in [0, 0.1) is 6.92 Å². The van der Waals surface area contributed by atoms with Crippen molar-refractivity contribution in [1.29, 1.82) is 0 Å². The van der Waals surface area contributed by atoms with Gasteiger partial charge in [-0.2, -0.15) is 5.10 Å². The molecule has 1 heterocycles. The number of rotatable bonds is 5. The predicted molar refractivity (Wildman–Crippen MR) is 107 cm³/mol. The van der Waals surface area contributed by atoms with Gasteiger partial charge in [0.2, 0.25) is 0 Å². The fourth-order valence-electron chi connectivity index (χ4n) is 2.44. The molecule has 3 aromatic rings. The van der Waals surface area contributed by atoms with E-state index in [1.54, 1.807) is 38.1 Å². The van der Waals surface area contributed by atoms with E-state index in [2.05, 4.69) is 31.4 Å². The third-order valence-electron chi connectivity index (χ3n) is 3.83. The lowest BCUT2D eigenvalue weighted by Gasteiger charge is -2.11. The molecule has 0 spiro atoms. The monoisotopic (exact) mass is 428 g/mol. The highest BCUT2D eigenvalue weighted by molar-refractivity contribution is 9.10. The smallest absolute Gasteiger partial charge is 0.294 e. The van der Waals surface area contributed by atoms with Crippen molar-refractivity contribution in [2.24, 2.45) is 5.10 Å². The highest BCUT2D eigenvalue weighted by atomic mass is 79.9. The van der Waals surface area contributed by atoms with Crippen molar-refractivity contribution in [2.45, 2.75) is 13.8 Å². The molecule has 0 fully saturated rings. The van der Waals surface area contributed by atoms with Gasteiger partial charge in [-0.05, 0) is 43.7 Å². The molecule has 138 valence electrons. The van der Waals surface area contributed by atoms with Gasteiger partial charge in [0.1, 0.15) is 5.82 Å². The molecular weight excluding hydrogens is 412 g/mol. The van der Waals surface area contributed by atoms with Crippen LogP contribution in [-0.2, 0) is 4.79 Å². The zero-order valence-electron chi connectivity index (χ0n) is 14.8. The summed E-state index contributed by atoms with van der Waals surface area (Å²) in [7, 11) is 0. The summed E-state index contributed by atoms with van der Waals surface area (Å²) < 4.78 is 1.98. The van der Waals surface area contributed by atoms with Gasteiger partial charge in [-0.1, -0.05) is 40.2 Å². The Morgan fingerprint density at radius 2 is 1.93 bits per heavy atom. The van der Waals surface area contributed by atoms with Crippen LogP contribution >= 0.6 is 15.9 Å². The average molecular weight is 429 g/mol. The molecule has 0 bridgehead atoms. The molecule has 0 atom stereocenters. The van der Waals surface area contributed by atoms with Crippen LogP contribution < -0.4 is 15.8 Å². The summed E-state index contributed by atoms with van der Waals surface area (Å²) in [4.78, 5) is 34.1. The van der Waals surface area contributed by atoms with Crippen LogP contribution in [0.25, 0.3) is 10.9 Å². The van der Waals surface area contributed by atoms with E-state index in [4.69, 9.17) is 4.84 Å². The lowest BCUT2D eigenvalue weighted by molar-refractivity contribution is -0.126. The molecule has 0 aliphatic heterocycles. The van der Waals surface area contributed by atoms with E-state index >= 15 is 0 Å². The van der Waals surface area contributed by atoms with E-state index in [0.717, 1.165) is 14.8 Å². The first-order valence-corrected chi connectivity index (χ1v) is 8.96. The summed E-state index contributed by atoms with van der Waals surface area (Å²) in [6.07, 6.45) is 0. The molecular formula is C19H17BrN4O3. The van der Waals surface area contributed by atoms with Crippen molar-refractivity contribution in [3.8, 4) is 0 Å². The molecule has 0 radical (unpaired) electrons. The van der Waals surface area contributed by atoms with Crippen molar-refractivity contribution < 1.29 is 9.63 Å². The van der Waals surface area contributed by atoms with E-state index in [0.29, 0.717) is 22.4 Å². The molecule has 0 unspecified atom stereocenters. The summed E-state index contributed by atoms with van der Waals surface area (Å²) in [5.74, 6) is -0.119. The number of hydrazone groups is 1. The van der Waals surface area contributed by atoms with Crippen LogP contribution in [0.5, 0.6) is 0 Å². The molecule has 1 N–H and O–H groups in total. The Bertz CT molecular complexity index is 1070. The summed E-state index contributed by atoms with van der Waals surface area (Å²) in [6, 6.07) is 14.5. The number of para-hydroxylation sites is 1. The molecule has 27 heavy (non-hydrogen) atoms. The highest BCUT2D eigenvalue weighted by Crippen LogP contribution is 2.11. The Hall–Kier alpha value is -3.00. The molecule has 1 amide bonds. The Morgan fingerprint density at radius 1 is 1.22 bits per heavy atom. The van der Waals surface area contributed by atoms with Crippen molar-refractivity contribution in [3.63, 3.8) is 0 Å². The molecule has 0 aliphatic rings. The minimum absolute atomic E-state index is 0.361. The lowest BCUT2D eigenvalue weighted by Crippen LogP contribution is -2.36. The van der Waals surface area contributed by atoms with Gasteiger partial charge >= 0.3 is 0 Å². The number of carbonyl (C=O) groups is 1. The number of hydrogen-bond donors (Lipinski definition) is 1. The second-order valence-electron chi connectivity index (χ2n) is 5.79. The Morgan fingerprint density at radius 3 is 2.67 bits per heavy atom. The first-order valence-electron chi connectivity index (χ1n) is 8.16. The molecule has 8 heteroatoms. The van der Waals surface area contributed by atoms with Crippen LogP contribution in [0.2, 0.25) is 0 Å². The van der Waals surface area contributed by atoms with Crippen LogP contribution in [0.3, 0.4) is 0 Å². The van der Waals surface area contributed by atoms with E-state index in [-0.39, 0.29) is 12.2 Å². The maximum atomic E-state index is 12.5. The number of halogens is 1. The second kappa shape index (κ2) is 8.13. The molecule has 0 aliphatic carbocycles. The zero-order chi connectivity index (χ0) is 19.4. The maximum absolute atomic E-state index is 12.5. The number of hydrogen-bond acceptors (Lipinski definition) is 5. The molecule has 2 aromatic carbocycles. The zero-order valence-corrected chi connectivity index (χ0v) is 16.4. The van der Waals surface area contributed by atoms with Gasteiger partial charge in [-0.3, -0.25) is 9.59 Å². The first-order chi connectivity index (χ1) is 13.0. The lowest BCUT2D eigenvalue weighted by atomic mass is 10.1. The number of nitrogens with one attached hydrogen (secondary N) is 1. The molecule has 1 aromatic heterocycles. The highest BCUT2D eigenvalue weighted by Gasteiger charge is 2.10. The summed E-state index contributed by atoms with van der Waals surface area (Å²) in [5, 5.41) is 4.47. The normalized spacial score (nSPS) is 11.4. The number of aromatic nitrogens is 2. The van der Waals surface area contributed by atoms with Gasteiger partial charge < -0.3 is 4.84 Å². The predicted octanol–water partition coefficient (Wildman–Crippen LogP) is 2.44. The summed E-state index contributed by atoms with van der Waals surface area (Å²) in [6.45, 7) is 3.06. The van der Waals surface area contributed by atoms with Gasteiger partial charge in [0.25, 0.3) is 11.5 Å². The third-order valence-corrected chi connectivity index (χ3v) is 4.36. The molecule has 0 saturated heterocycles. The van der Waals surface area contributed by atoms with Crippen LogP contribution in [0.15, 0.2) is 62.9 Å². The van der Waals surface area contributed by atoms with Crippen LogP contribution in [0.4, 0.5) is 0 Å². The summed E-state index contributed by atoms with van der Waals surface area (Å²) in [5.41, 5.74) is 4.17. The minimum atomic E-state index is -0.481. The number of amides is 1. The Balaban J connectivity index is 1.67. The van der Waals surface area contributed by atoms with Gasteiger partial charge in [0.05, 0.1) is 16.6 Å². The maximum Gasteiger partial charge on any atom is 0.294 e. The molecule has 3 rings (SSSR count). The van der Waals surface area contributed by atoms with Crippen molar-refractivity contribution in [3.05, 3.63) is 74.7 Å². The number of benzene rings is 2. The number of carbonyl (C=O) groups excluding carboxylic acids is 1. The second-order valence-corrected chi connectivity index (χ2v) is 6.70. The van der Waals surface area contributed by atoms with Gasteiger partial charge in [-0.15, -0.1) is 4.73 Å². The Labute approximate surface area is 163 Å². The van der Waals surface area contributed by atoms with Crippen molar-refractivity contribution >= 4 is 38.5 Å². The van der Waals surface area contributed by atoms with Crippen molar-refractivity contribution in [1.82, 2.24) is 15.1 Å². The van der Waals surface area contributed by atoms with Crippen molar-refractivity contribution in [2.75, 3.05) is 6.61 Å². The molecule has 0 saturated carbocycles. The van der Waals surface area contributed by atoms with Gasteiger partial charge in [0, 0.05) is 4.47 Å². The van der Waals surface area contributed by atoms with Gasteiger partial charge in [-0.25, -0.2) is 10.4 Å². The SMILES string of the molecule is CC(=NNC(=O)COn1c(C)nc2ccccc2c1=O)c1ccc(Br)cc1. The fraction of sp³-hybridized carbons (Fsp3) is 0.158. The van der Waals surface area contributed by atoms with E-state index in [9.17, 15) is 9.59 Å². The average Bonchev–Trinajstić information content (AvgIpc) is 2.66. The first kappa shape index (κ1) is 18.8. The fourth-order valence-corrected chi connectivity index (χ4v) is 2.70. The number of fused-ring (bicyclic) bond motifs is 1. The topological polar surface area (TPSA) is 85.6 Å². The van der Waals surface area contributed by atoms with Gasteiger partial charge in [0.15, 0.2) is 6.61 Å². The number of nitrogens with zero attached hydrogens (tertiary/aromatic N) is 3. The summed E-state index contributed by atoms with van der Waals surface area (Å²) >= 11 is 3.37. The van der Waals surface area contributed by atoms with E-state index in [1.165, 1.54) is 0 Å². The standard InChI is InChI=1S/C19H17BrN4O3/c1-12(14-7-9-15(20)10-8-14)22-23-18(25)11-27-24-13(2)21-17-6-4-3-5-16(17)19(24)26/h3-10H,11H2,1-2H3,(H,23,25). The molecule has 7 nitrogen and oxygen atoms in total. The van der Waals surface area contributed by atoms with Crippen LogP contribution in [0.1, 0.15) is 18.3 Å². The third kappa shape index (κ3) is 4.40. The number of aryl methyl sites for hydroxylation is 1. The Kier molecular flexibility index (Phi) is 5.66. The van der Waals surface area contributed by atoms with Crippen LogP contribution in [-0.4, -0.2) is 27.9 Å².